The van der Waals surface area contributed by atoms with Gasteiger partial charge in [0.1, 0.15) is 11.5 Å². The number of carbonyl (C=O) groups excluding carboxylic acids is 2. The SMILES string of the molecule is COc1cc(C(=O)C2CCN(C(=O)c3ccccc3)CC2)c(O)cc1Cl. The van der Waals surface area contributed by atoms with Gasteiger partial charge in [-0.05, 0) is 31.0 Å². The van der Waals surface area contributed by atoms with E-state index in [1.54, 1.807) is 17.0 Å². The molecule has 0 spiro atoms. The minimum atomic E-state index is -0.244. The highest BCUT2D eigenvalue weighted by atomic mass is 35.5. The van der Waals surface area contributed by atoms with Crippen molar-refractivity contribution in [3.05, 3.63) is 58.6 Å². The van der Waals surface area contributed by atoms with Crippen molar-refractivity contribution in [2.75, 3.05) is 20.2 Å². The van der Waals surface area contributed by atoms with Gasteiger partial charge in [0, 0.05) is 30.6 Å². The molecular formula is C20H20ClNO4. The van der Waals surface area contributed by atoms with Gasteiger partial charge in [-0.15, -0.1) is 0 Å². The first kappa shape index (κ1) is 18.3. The fourth-order valence-electron chi connectivity index (χ4n) is 3.22. The summed E-state index contributed by atoms with van der Waals surface area (Å²) in [5, 5.41) is 10.3. The van der Waals surface area contributed by atoms with E-state index in [0.29, 0.717) is 37.2 Å². The van der Waals surface area contributed by atoms with Crippen molar-refractivity contribution in [2.45, 2.75) is 12.8 Å². The van der Waals surface area contributed by atoms with Crippen LogP contribution >= 0.6 is 11.6 Å². The van der Waals surface area contributed by atoms with Crippen LogP contribution in [0, 0.1) is 5.92 Å². The van der Waals surface area contributed by atoms with Gasteiger partial charge in [-0.2, -0.15) is 0 Å². The summed E-state index contributed by atoms with van der Waals surface area (Å²) >= 11 is 5.96. The second kappa shape index (κ2) is 7.79. The molecule has 0 saturated carbocycles. The standard InChI is InChI=1S/C20H20ClNO4/c1-26-18-11-15(17(23)12-16(18)21)19(24)13-7-9-22(10-8-13)20(25)14-5-3-2-4-6-14/h2-6,11-13,23H,7-10H2,1H3. The number of nitrogens with zero attached hydrogens (tertiary/aromatic N) is 1. The van der Waals surface area contributed by atoms with E-state index in [4.69, 9.17) is 16.3 Å². The van der Waals surface area contributed by atoms with E-state index < -0.39 is 0 Å². The summed E-state index contributed by atoms with van der Waals surface area (Å²) < 4.78 is 5.13. The van der Waals surface area contributed by atoms with Crippen molar-refractivity contribution in [3.8, 4) is 11.5 Å². The molecule has 0 aromatic heterocycles. The number of ether oxygens (including phenoxy) is 1. The number of hydrogen-bond donors (Lipinski definition) is 1. The molecule has 1 fully saturated rings. The molecule has 1 saturated heterocycles. The molecule has 0 radical (unpaired) electrons. The molecule has 0 bridgehead atoms. The molecule has 1 N–H and O–H groups in total. The normalized spacial score (nSPS) is 14.9. The minimum absolute atomic E-state index is 0.0208. The van der Waals surface area contributed by atoms with Gasteiger partial charge in [-0.25, -0.2) is 0 Å². The van der Waals surface area contributed by atoms with Crippen molar-refractivity contribution in [1.82, 2.24) is 4.90 Å². The lowest BCUT2D eigenvalue weighted by Crippen LogP contribution is -2.40. The molecule has 5 nitrogen and oxygen atoms in total. The number of phenols is 1. The summed E-state index contributed by atoms with van der Waals surface area (Å²) in [7, 11) is 1.46. The van der Waals surface area contributed by atoms with Crippen LogP contribution in [-0.4, -0.2) is 41.9 Å². The maximum atomic E-state index is 12.8. The topological polar surface area (TPSA) is 66.8 Å². The van der Waals surface area contributed by atoms with E-state index in [2.05, 4.69) is 0 Å². The van der Waals surface area contributed by atoms with Crippen LogP contribution in [0.2, 0.25) is 5.02 Å². The molecular weight excluding hydrogens is 354 g/mol. The van der Waals surface area contributed by atoms with Crippen LogP contribution in [0.15, 0.2) is 42.5 Å². The number of methoxy groups -OCH3 is 1. The summed E-state index contributed by atoms with van der Waals surface area (Å²) in [5.74, 6) is -0.212. The fraction of sp³-hybridized carbons (Fsp3) is 0.300. The van der Waals surface area contributed by atoms with Crippen LogP contribution < -0.4 is 4.74 Å². The Hall–Kier alpha value is -2.53. The lowest BCUT2D eigenvalue weighted by Gasteiger charge is -2.31. The number of carbonyl (C=O) groups is 2. The first-order valence-electron chi connectivity index (χ1n) is 8.46. The Kier molecular flexibility index (Phi) is 5.47. The van der Waals surface area contributed by atoms with Gasteiger partial charge < -0.3 is 14.7 Å². The molecule has 0 atom stereocenters. The summed E-state index contributed by atoms with van der Waals surface area (Å²) in [6.45, 7) is 1.02. The third-order valence-corrected chi connectivity index (χ3v) is 5.00. The van der Waals surface area contributed by atoms with E-state index in [-0.39, 0.29) is 33.9 Å². The number of phenolic OH excluding ortho intramolecular Hbond substituents is 1. The van der Waals surface area contributed by atoms with Gasteiger partial charge in [0.05, 0.1) is 17.7 Å². The van der Waals surface area contributed by atoms with E-state index >= 15 is 0 Å². The van der Waals surface area contributed by atoms with Gasteiger partial charge in [-0.1, -0.05) is 29.8 Å². The molecule has 1 aliphatic heterocycles. The zero-order valence-electron chi connectivity index (χ0n) is 14.4. The lowest BCUT2D eigenvalue weighted by molar-refractivity contribution is 0.0649. The maximum Gasteiger partial charge on any atom is 0.253 e. The van der Waals surface area contributed by atoms with Gasteiger partial charge in [-0.3, -0.25) is 9.59 Å². The second-order valence-corrected chi connectivity index (χ2v) is 6.71. The number of likely N-dealkylation sites (tertiary alicyclic amines) is 1. The number of Topliss-reactive ketones (excluding diaryl/α,β-unsaturated/α-hetero) is 1. The number of aromatic hydroxyl groups is 1. The zero-order chi connectivity index (χ0) is 18.7. The van der Waals surface area contributed by atoms with Crippen molar-refractivity contribution in [2.24, 2.45) is 5.92 Å². The van der Waals surface area contributed by atoms with Gasteiger partial charge in [0.25, 0.3) is 5.91 Å². The van der Waals surface area contributed by atoms with Crippen molar-refractivity contribution in [1.29, 1.82) is 0 Å². The van der Waals surface area contributed by atoms with Gasteiger partial charge in [0.2, 0.25) is 0 Å². The van der Waals surface area contributed by atoms with Crippen molar-refractivity contribution in [3.63, 3.8) is 0 Å². The highest BCUT2D eigenvalue weighted by molar-refractivity contribution is 6.32. The number of hydrogen-bond acceptors (Lipinski definition) is 4. The molecule has 26 heavy (non-hydrogen) atoms. The first-order chi connectivity index (χ1) is 12.5. The fourth-order valence-corrected chi connectivity index (χ4v) is 3.46. The smallest absolute Gasteiger partial charge is 0.253 e. The number of halogens is 1. The number of amides is 1. The zero-order valence-corrected chi connectivity index (χ0v) is 15.2. The highest BCUT2D eigenvalue weighted by Crippen LogP contribution is 2.34. The Morgan fingerprint density at radius 2 is 1.81 bits per heavy atom. The Morgan fingerprint density at radius 1 is 1.15 bits per heavy atom. The Morgan fingerprint density at radius 3 is 2.42 bits per heavy atom. The molecule has 1 heterocycles. The monoisotopic (exact) mass is 373 g/mol. The summed E-state index contributed by atoms with van der Waals surface area (Å²) in [4.78, 5) is 27.0. The Labute approximate surface area is 157 Å². The molecule has 0 aliphatic carbocycles. The van der Waals surface area contributed by atoms with E-state index in [0.717, 1.165) is 0 Å². The minimum Gasteiger partial charge on any atom is -0.507 e. The average Bonchev–Trinajstić information content (AvgIpc) is 2.68. The molecule has 136 valence electrons. The predicted octanol–water partition coefficient (Wildman–Crippen LogP) is 3.79. The molecule has 0 unspecified atom stereocenters. The number of ketones is 1. The molecule has 1 amide bonds. The molecule has 2 aromatic rings. The summed E-state index contributed by atoms with van der Waals surface area (Å²) in [6, 6.07) is 11.9. The van der Waals surface area contributed by atoms with E-state index in [9.17, 15) is 14.7 Å². The van der Waals surface area contributed by atoms with Crippen molar-refractivity contribution >= 4 is 23.3 Å². The summed E-state index contributed by atoms with van der Waals surface area (Å²) in [6.07, 6.45) is 1.11. The van der Waals surface area contributed by atoms with Crippen LogP contribution in [0.25, 0.3) is 0 Å². The highest BCUT2D eigenvalue weighted by Gasteiger charge is 2.30. The van der Waals surface area contributed by atoms with Crippen LogP contribution in [0.5, 0.6) is 11.5 Å². The Balaban J connectivity index is 1.68. The van der Waals surface area contributed by atoms with Gasteiger partial charge in [0.15, 0.2) is 5.78 Å². The van der Waals surface area contributed by atoms with Crippen LogP contribution in [-0.2, 0) is 0 Å². The van der Waals surface area contributed by atoms with Crippen molar-refractivity contribution < 1.29 is 19.4 Å². The summed E-state index contributed by atoms with van der Waals surface area (Å²) in [5.41, 5.74) is 0.858. The predicted molar refractivity (Wildman–Crippen MR) is 99.1 cm³/mol. The molecule has 6 heteroatoms. The largest absolute Gasteiger partial charge is 0.507 e. The quantitative estimate of drug-likeness (QED) is 0.828. The van der Waals surface area contributed by atoms with Crippen LogP contribution in [0.4, 0.5) is 0 Å². The third-order valence-electron chi connectivity index (χ3n) is 4.71. The first-order valence-corrected chi connectivity index (χ1v) is 8.84. The molecule has 2 aromatic carbocycles. The number of rotatable bonds is 4. The molecule has 3 rings (SSSR count). The van der Waals surface area contributed by atoms with Crippen LogP contribution in [0.1, 0.15) is 33.6 Å². The maximum absolute atomic E-state index is 12.8. The molecule has 1 aliphatic rings. The lowest BCUT2D eigenvalue weighted by atomic mass is 9.88. The number of piperidine rings is 1. The van der Waals surface area contributed by atoms with E-state index in [1.807, 2.05) is 18.2 Å². The Bertz CT molecular complexity index is 814. The van der Waals surface area contributed by atoms with Gasteiger partial charge >= 0.3 is 0 Å². The average molecular weight is 374 g/mol. The van der Waals surface area contributed by atoms with Crippen LogP contribution in [0.3, 0.4) is 0 Å². The third kappa shape index (κ3) is 3.68. The second-order valence-electron chi connectivity index (χ2n) is 6.30. The van der Waals surface area contributed by atoms with E-state index in [1.165, 1.54) is 19.2 Å². The number of benzene rings is 2.